The highest BCUT2D eigenvalue weighted by Crippen LogP contribution is 2.45. The van der Waals surface area contributed by atoms with Gasteiger partial charge in [-0.1, -0.05) is 42.5 Å². The van der Waals surface area contributed by atoms with Crippen molar-refractivity contribution in [1.29, 1.82) is 0 Å². The quantitative estimate of drug-likeness (QED) is 0.260. The number of hydrogen-bond acceptors (Lipinski definition) is 3. The molecule has 34 heavy (non-hydrogen) atoms. The van der Waals surface area contributed by atoms with Crippen LogP contribution in [0.15, 0.2) is 91.3 Å². The van der Waals surface area contributed by atoms with Crippen LogP contribution in [-0.2, 0) is 0 Å². The minimum absolute atomic E-state index is 0.294. The summed E-state index contributed by atoms with van der Waals surface area (Å²) in [6, 6.07) is 28.9. The summed E-state index contributed by atoms with van der Waals surface area (Å²) in [5.41, 5.74) is 6.28. The van der Waals surface area contributed by atoms with Crippen molar-refractivity contribution in [3.8, 4) is 5.69 Å². The minimum Gasteiger partial charge on any atom is -0.359 e. The van der Waals surface area contributed by atoms with E-state index >= 15 is 0 Å². The summed E-state index contributed by atoms with van der Waals surface area (Å²) < 4.78 is 5.15. The largest absolute Gasteiger partial charge is 0.359 e. The number of rotatable bonds is 2. The molecule has 0 N–H and O–H groups in total. The van der Waals surface area contributed by atoms with E-state index < -0.39 is 0 Å². The third-order valence-electron chi connectivity index (χ3n) is 7.34. The molecule has 3 heterocycles. The first-order valence-electron chi connectivity index (χ1n) is 11.7. The van der Waals surface area contributed by atoms with Gasteiger partial charge in [-0.2, -0.15) is 0 Å². The fourth-order valence-electron chi connectivity index (χ4n) is 5.46. The van der Waals surface area contributed by atoms with E-state index in [2.05, 4.69) is 127 Å². The summed E-state index contributed by atoms with van der Waals surface area (Å²) in [7, 11) is 2.14. The molecule has 0 saturated carbocycles. The molecule has 0 unspecified atom stereocenters. The molecule has 4 heteroatoms. The first-order chi connectivity index (χ1) is 16.6. The zero-order chi connectivity index (χ0) is 23.0. The van der Waals surface area contributed by atoms with Crippen LogP contribution in [0.3, 0.4) is 0 Å². The van der Waals surface area contributed by atoms with Crippen LogP contribution in [0, 0.1) is 6.92 Å². The Morgan fingerprint density at radius 2 is 1.56 bits per heavy atom. The van der Waals surface area contributed by atoms with Gasteiger partial charge in [-0.3, -0.25) is 0 Å². The molecule has 1 atom stereocenters. The first kappa shape index (κ1) is 19.7. The molecule has 0 spiro atoms. The Balaban J connectivity index is 1.64. The molecule has 1 aliphatic rings. The van der Waals surface area contributed by atoms with Gasteiger partial charge in [0.25, 0.3) is 0 Å². The van der Waals surface area contributed by atoms with Crippen molar-refractivity contribution in [2.45, 2.75) is 20.0 Å². The fraction of sp³-hybridized carbons (Fsp3) is 0.133. The van der Waals surface area contributed by atoms with Crippen LogP contribution < -0.4 is 4.90 Å². The van der Waals surface area contributed by atoms with Crippen LogP contribution in [0.5, 0.6) is 0 Å². The van der Waals surface area contributed by atoms with E-state index in [1.54, 1.807) is 0 Å². The van der Waals surface area contributed by atoms with Crippen LogP contribution >= 0.6 is 11.3 Å². The normalized spacial score (nSPS) is 16.1. The molecule has 2 aromatic heterocycles. The Bertz CT molecular complexity index is 1760. The number of benzene rings is 4. The van der Waals surface area contributed by atoms with Crippen LogP contribution in [0.1, 0.15) is 12.5 Å². The molecule has 0 saturated heterocycles. The molecule has 6 aromatic rings. The van der Waals surface area contributed by atoms with Crippen molar-refractivity contribution < 1.29 is 0 Å². The van der Waals surface area contributed by atoms with Crippen LogP contribution in [0.2, 0.25) is 0 Å². The molecule has 166 valence electrons. The van der Waals surface area contributed by atoms with E-state index in [9.17, 15) is 0 Å². The molecule has 0 amide bonds. The molecular formula is C30H25N3S. The smallest absolute Gasteiger partial charge is 0.102 e. The summed E-state index contributed by atoms with van der Waals surface area (Å²) in [5, 5.41) is 5.35. The Labute approximate surface area is 202 Å². The molecule has 7 rings (SSSR count). The van der Waals surface area contributed by atoms with Crippen LogP contribution in [0.4, 0.5) is 5.69 Å². The van der Waals surface area contributed by atoms with E-state index in [1.165, 1.54) is 58.9 Å². The zero-order valence-corrected chi connectivity index (χ0v) is 20.3. The van der Waals surface area contributed by atoms with Gasteiger partial charge in [0.1, 0.15) is 6.17 Å². The van der Waals surface area contributed by atoms with Gasteiger partial charge in [0.05, 0.1) is 11.0 Å². The molecule has 0 aliphatic carbocycles. The number of fused-ring (bicyclic) bond motifs is 7. The molecule has 4 aromatic carbocycles. The van der Waals surface area contributed by atoms with Gasteiger partial charge in [0.2, 0.25) is 0 Å². The van der Waals surface area contributed by atoms with Crippen LogP contribution in [0.25, 0.3) is 47.7 Å². The van der Waals surface area contributed by atoms with Crippen molar-refractivity contribution in [1.82, 2.24) is 9.47 Å². The van der Waals surface area contributed by atoms with E-state index in [4.69, 9.17) is 0 Å². The lowest BCUT2D eigenvalue weighted by Gasteiger charge is -2.28. The molecule has 1 aliphatic heterocycles. The highest BCUT2D eigenvalue weighted by molar-refractivity contribution is 7.26. The van der Waals surface area contributed by atoms with Crippen molar-refractivity contribution >= 4 is 59.0 Å². The summed E-state index contributed by atoms with van der Waals surface area (Å²) in [4.78, 5) is 4.63. The average molecular weight is 460 g/mol. The summed E-state index contributed by atoms with van der Waals surface area (Å²) >= 11 is 1.91. The van der Waals surface area contributed by atoms with Gasteiger partial charge >= 0.3 is 0 Å². The highest BCUT2D eigenvalue weighted by Gasteiger charge is 2.24. The van der Waals surface area contributed by atoms with Gasteiger partial charge in [0.15, 0.2) is 0 Å². The Hall–Kier alpha value is -3.76. The van der Waals surface area contributed by atoms with Gasteiger partial charge in [-0.05, 0) is 55.8 Å². The molecule has 3 nitrogen and oxygen atoms in total. The summed E-state index contributed by atoms with van der Waals surface area (Å²) in [5.74, 6) is 0. The lowest BCUT2D eigenvalue weighted by atomic mass is 10.1. The number of anilines is 1. The number of para-hydroxylation sites is 1. The Morgan fingerprint density at radius 3 is 2.35 bits per heavy atom. The van der Waals surface area contributed by atoms with Crippen molar-refractivity contribution in [3.63, 3.8) is 0 Å². The van der Waals surface area contributed by atoms with E-state index in [1.807, 2.05) is 11.3 Å². The minimum atomic E-state index is 0.294. The number of aryl methyl sites for hydroxylation is 1. The second kappa shape index (κ2) is 7.12. The molecule has 0 radical (unpaired) electrons. The average Bonchev–Trinajstić information content (AvgIpc) is 3.50. The summed E-state index contributed by atoms with van der Waals surface area (Å²) in [6.45, 7) is 4.48. The van der Waals surface area contributed by atoms with Gasteiger partial charge < -0.3 is 14.4 Å². The standard InChI is InChI=1S/C30H25N3S/c1-19-17-27-24(18-26(19)32-16-15-31(3)20(32)2)29-25(33(27)21-9-5-4-6-10-21)14-13-23-22-11-7-8-12-28(22)34-30(23)29/h4-18,20H,1-3H3/t20-/m0/s1. The molecule has 0 fully saturated rings. The lowest BCUT2D eigenvalue weighted by Crippen LogP contribution is -2.33. The number of hydrogen-bond donors (Lipinski definition) is 0. The molecular weight excluding hydrogens is 434 g/mol. The highest BCUT2D eigenvalue weighted by atomic mass is 32.1. The van der Waals surface area contributed by atoms with Crippen molar-refractivity contribution in [2.75, 3.05) is 11.9 Å². The second-order valence-electron chi connectivity index (χ2n) is 9.26. The lowest BCUT2D eigenvalue weighted by molar-refractivity contribution is 0.383. The SMILES string of the molecule is Cc1cc2c(cc1N1C=CN(C)[C@@H]1C)c1c3sc4ccccc4c3ccc1n2-c1ccccc1. The van der Waals surface area contributed by atoms with Gasteiger partial charge in [-0.25, -0.2) is 0 Å². The third kappa shape index (κ3) is 2.63. The van der Waals surface area contributed by atoms with E-state index in [-0.39, 0.29) is 0 Å². The predicted octanol–water partition coefficient (Wildman–Crippen LogP) is 8.03. The number of nitrogens with zero attached hydrogens (tertiary/aromatic N) is 3. The van der Waals surface area contributed by atoms with E-state index in [0.717, 1.165) is 0 Å². The van der Waals surface area contributed by atoms with Gasteiger partial charge in [0, 0.05) is 61.8 Å². The maximum Gasteiger partial charge on any atom is 0.102 e. The van der Waals surface area contributed by atoms with Crippen molar-refractivity contribution in [2.24, 2.45) is 0 Å². The Morgan fingerprint density at radius 1 is 0.765 bits per heavy atom. The van der Waals surface area contributed by atoms with Crippen LogP contribution in [-0.4, -0.2) is 22.7 Å². The van der Waals surface area contributed by atoms with Crippen molar-refractivity contribution in [3.05, 3.63) is 96.8 Å². The third-order valence-corrected chi connectivity index (χ3v) is 8.54. The fourth-order valence-corrected chi connectivity index (χ4v) is 6.72. The second-order valence-corrected chi connectivity index (χ2v) is 10.3. The first-order valence-corrected chi connectivity index (χ1v) is 12.6. The van der Waals surface area contributed by atoms with E-state index in [0.29, 0.717) is 6.17 Å². The number of thiophene rings is 1. The van der Waals surface area contributed by atoms with Gasteiger partial charge in [-0.15, -0.1) is 11.3 Å². The number of aromatic nitrogens is 1. The summed E-state index contributed by atoms with van der Waals surface area (Å²) in [6.07, 6.45) is 4.65. The monoisotopic (exact) mass is 459 g/mol. The molecule has 0 bridgehead atoms. The maximum atomic E-state index is 2.43. The predicted molar refractivity (Wildman–Crippen MR) is 147 cm³/mol. The maximum absolute atomic E-state index is 2.43. The topological polar surface area (TPSA) is 11.4 Å². The Kier molecular flexibility index (Phi) is 4.12. The zero-order valence-electron chi connectivity index (χ0n) is 19.5.